The van der Waals surface area contributed by atoms with Gasteiger partial charge in [0.2, 0.25) is 5.91 Å². The molecule has 1 aromatic rings. The smallest absolute Gasteiger partial charge is 0.225 e. The summed E-state index contributed by atoms with van der Waals surface area (Å²) in [5.41, 5.74) is 0.587. The number of β-amino-alcohol motifs (C(OH)–C–C–N with tert-alkyl or cyclic N) is 1. The van der Waals surface area contributed by atoms with E-state index in [0.29, 0.717) is 25.2 Å². The number of rotatable bonds is 6. The predicted molar refractivity (Wildman–Crippen MR) is 79.5 cm³/mol. The summed E-state index contributed by atoms with van der Waals surface area (Å²) in [5, 5.41) is 18.8. The second-order valence-corrected chi connectivity index (χ2v) is 5.55. The molecule has 4 N–H and O–H groups in total. The van der Waals surface area contributed by atoms with Gasteiger partial charge in [-0.1, -0.05) is 0 Å². The van der Waals surface area contributed by atoms with Crippen molar-refractivity contribution in [3.05, 3.63) is 30.1 Å². The molecule has 1 saturated heterocycles. The Bertz CT molecular complexity index is 466. The summed E-state index contributed by atoms with van der Waals surface area (Å²) in [6.45, 7) is 4.03. The maximum Gasteiger partial charge on any atom is 0.225 e. The van der Waals surface area contributed by atoms with Crippen LogP contribution >= 0.6 is 0 Å². The number of hydrogen-bond donors (Lipinski definition) is 4. The first-order valence-corrected chi connectivity index (χ1v) is 7.22. The highest BCUT2D eigenvalue weighted by molar-refractivity contribution is 5.91. The third kappa shape index (κ3) is 5.08. The van der Waals surface area contributed by atoms with Crippen LogP contribution in [-0.2, 0) is 4.79 Å². The van der Waals surface area contributed by atoms with Gasteiger partial charge in [0.25, 0.3) is 0 Å². The minimum absolute atomic E-state index is 0.0123. The summed E-state index contributed by atoms with van der Waals surface area (Å²) in [7, 11) is 0. The van der Waals surface area contributed by atoms with Crippen molar-refractivity contribution in [2.45, 2.75) is 25.5 Å². The van der Waals surface area contributed by atoms with E-state index in [2.05, 4.69) is 16.0 Å². The lowest BCUT2D eigenvalue weighted by atomic mass is 10.1. The van der Waals surface area contributed by atoms with Gasteiger partial charge in [0.05, 0.1) is 6.10 Å². The number of carbonyl (C=O) groups excluding carboxylic acids is 1. The summed E-state index contributed by atoms with van der Waals surface area (Å²) in [6.07, 6.45) is 0.00547. The summed E-state index contributed by atoms with van der Waals surface area (Å²) in [5.74, 6) is -0.258. The van der Waals surface area contributed by atoms with Crippen molar-refractivity contribution in [2.24, 2.45) is 5.92 Å². The van der Waals surface area contributed by atoms with E-state index in [-0.39, 0.29) is 29.8 Å². The molecule has 0 saturated carbocycles. The highest BCUT2D eigenvalue weighted by Gasteiger charge is 2.24. The van der Waals surface area contributed by atoms with E-state index in [1.807, 2.05) is 6.92 Å². The van der Waals surface area contributed by atoms with Gasteiger partial charge in [-0.2, -0.15) is 0 Å². The Morgan fingerprint density at radius 2 is 2.14 bits per heavy atom. The predicted octanol–water partition coefficient (Wildman–Crippen LogP) is 0.713. The van der Waals surface area contributed by atoms with Crippen LogP contribution in [-0.4, -0.2) is 42.8 Å². The normalized spacial score (nSPS) is 23.0. The molecule has 0 aromatic heterocycles. The monoisotopic (exact) mass is 295 g/mol. The summed E-state index contributed by atoms with van der Waals surface area (Å²) < 4.78 is 12.8. The Labute approximate surface area is 123 Å². The molecule has 0 aliphatic carbocycles. The first-order chi connectivity index (χ1) is 10.0. The van der Waals surface area contributed by atoms with Gasteiger partial charge < -0.3 is 21.1 Å². The molecule has 21 heavy (non-hydrogen) atoms. The van der Waals surface area contributed by atoms with E-state index >= 15 is 0 Å². The topological polar surface area (TPSA) is 73.4 Å². The lowest BCUT2D eigenvalue weighted by Crippen LogP contribution is -2.37. The molecule has 0 bridgehead atoms. The number of amides is 1. The van der Waals surface area contributed by atoms with Crippen LogP contribution in [0.15, 0.2) is 24.3 Å². The van der Waals surface area contributed by atoms with Gasteiger partial charge in [0.1, 0.15) is 5.82 Å². The first kappa shape index (κ1) is 15.9. The molecule has 3 unspecified atom stereocenters. The van der Waals surface area contributed by atoms with Crippen LogP contribution in [0.5, 0.6) is 0 Å². The van der Waals surface area contributed by atoms with Crippen molar-refractivity contribution in [3.8, 4) is 0 Å². The zero-order chi connectivity index (χ0) is 15.2. The van der Waals surface area contributed by atoms with E-state index in [9.17, 15) is 14.3 Å². The molecule has 0 radical (unpaired) electrons. The fraction of sp³-hybridized carbons (Fsp3) is 0.533. The first-order valence-electron chi connectivity index (χ1n) is 7.22. The molecule has 1 fully saturated rings. The Balaban J connectivity index is 1.70. The van der Waals surface area contributed by atoms with Crippen molar-refractivity contribution in [1.82, 2.24) is 10.6 Å². The van der Waals surface area contributed by atoms with Crippen LogP contribution in [0.1, 0.15) is 13.3 Å². The SMILES string of the molecule is CC(CC(=O)Nc1ccc(F)cc1)NCC1CNCC1O. The van der Waals surface area contributed by atoms with Gasteiger partial charge in [0, 0.05) is 43.7 Å². The number of anilines is 1. The Morgan fingerprint density at radius 1 is 1.43 bits per heavy atom. The third-order valence-electron chi connectivity index (χ3n) is 3.65. The van der Waals surface area contributed by atoms with Gasteiger partial charge in [-0.3, -0.25) is 4.79 Å². The van der Waals surface area contributed by atoms with E-state index in [1.165, 1.54) is 24.3 Å². The van der Waals surface area contributed by atoms with Crippen molar-refractivity contribution in [2.75, 3.05) is 25.0 Å². The summed E-state index contributed by atoms with van der Waals surface area (Å²) in [6, 6.07) is 5.70. The quantitative estimate of drug-likeness (QED) is 0.624. The minimum Gasteiger partial charge on any atom is -0.391 e. The molecule has 3 atom stereocenters. The zero-order valence-corrected chi connectivity index (χ0v) is 12.1. The van der Waals surface area contributed by atoms with Crippen LogP contribution in [0.3, 0.4) is 0 Å². The maximum atomic E-state index is 12.8. The summed E-state index contributed by atoms with van der Waals surface area (Å²) in [4.78, 5) is 11.9. The highest BCUT2D eigenvalue weighted by atomic mass is 19.1. The van der Waals surface area contributed by atoms with Gasteiger partial charge >= 0.3 is 0 Å². The molecule has 116 valence electrons. The van der Waals surface area contributed by atoms with Gasteiger partial charge in [-0.15, -0.1) is 0 Å². The maximum absolute atomic E-state index is 12.8. The standard InChI is InChI=1S/C15H22FN3O2/c1-10(18-8-11-7-17-9-14(11)20)6-15(21)19-13-4-2-12(16)3-5-13/h2-5,10-11,14,17-18,20H,6-9H2,1H3,(H,19,21). The minimum atomic E-state index is -0.327. The lowest BCUT2D eigenvalue weighted by Gasteiger charge is -2.18. The largest absolute Gasteiger partial charge is 0.391 e. The second-order valence-electron chi connectivity index (χ2n) is 5.55. The Morgan fingerprint density at radius 3 is 2.76 bits per heavy atom. The number of aliphatic hydroxyl groups excluding tert-OH is 1. The zero-order valence-electron chi connectivity index (χ0n) is 12.1. The van der Waals surface area contributed by atoms with Crippen LogP contribution in [0.4, 0.5) is 10.1 Å². The third-order valence-corrected chi connectivity index (χ3v) is 3.65. The number of benzene rings is 1. The van der Waals surface area contributed by atoms with E-state index in [0.717, 1.165) is 6.54 Å². The van der Waals surface area contributed by atoms with Crippen molar-refractivity contribution in [1.29, 1.82) is 0 Å². The fourth-order valence-electron chi connectivity index (χ4n) is 2.38. The van der Waals surface area contributed by atoms with Crippen LogP contribution in [0.25, 0.3) is 0 Å². The molecule has 0 spiro atoms. The van der Waals surface area contributed by atoms with Gasteiger partial charge in [0.15, 0.2) is 0 Å². The molecule has 5 nitrogen and oxygen atoms in total. The van der Waals surface area contributed by atoms with Gasteiger partial charge in [-0.05, 0) is 31.2 Å². The number of aliphatic hydroxyl groups is 1. The van der Waals surface area contributed by atoms with Crippen LogP contribution in [0, 0.1) is 11.7 Å². The average Bonchev–Trinajstić information content (AvgIpc) is 2.84. The van der Waals surface area contributed by atoms with Crippen LogP contribution in [0.2, 0.25) is 0 Å². The molecule has 1 aliphatic heterocycles. The van der Waals surface area contributed by atoms with E-state index < -0.39 is 0 Å². The molecular weight excluding hydrogens is 273 g/mol. The van der Waals surface area contributed by atoms with E-state index in [1.54, 1.807) is 0 Å². The lowest BCUT2D eigenvalue weighted by molar-refractivity contribution is -0.116. The molecule has 1 heterocycles. The molecular formula is C15H22FN3O2. The van der Waals surface area contributed by atoms with Crippen molar-refractivity contribution < 1.29 is 14.3 Å². The highest BCUT2D eigenvalue weighted by Crippen LogP contribution is 2.10. The number of halogens is 1. The molecule has 1 aromatic carbocycles. The summed E-state index contributed by atoms with van der Waals surface area (Å²) >= 11 is 0. The molecule has 1 amide bonds. The molecule has 2 rings (SSSR count). The molecule has 6 heteroatoms. The Kier molecular flexibility index (Phi) is 5.67. The van der Waals surface area contributed by atoms with Crippen molar-refractivity contribution in [3.63, 3.8) is 0 Å². The van der Waals surface area contributed by atoms with E-state index in [4.69, 9.17) is 0 Å². The fourth-order valence-corrected chi connectivity index (χ4v) is 2.38. The number of nitrogens with one attached hydrogen (secondary N) is 3. The van der Waals surface area contributed by atoms with Gasteiger partial charge in [-0.25, -0.2) is 4.39 Å². The van der Waals surface area contributed by atoms with Crippen molar-refractivity contribution >= 4 is 11.6 Å². The Hall–Kier alpha value is -1.50. The average molecular weight is 295 g/mol. The molecule has 1 aliphatic rings. The van der Waals surface area contributed by atoms with Crippen LogP contribution < -0.4 is 16.0 Å². The second kappa shape index (κ2) is 7.49. The number of carbonyl (C=O) groups is 1. The number of hydrogen-bond acceptors (Lipinski definition) is 4.